The summed E-state index contributed by atoms with van der Waals surface area (Å²) in [6, 6.07) is 23.2. The highest BCUT2D eigenvalue weighted by Crippen LogP contribution is 2.53. The molecule has 0 radical (unpaired) electrons. The Balaban J connectivity index is 1.53. The van der Waals surface area contributed by atoms with Gasteiger partial charge in [-0.1, -0.05) is 48.5 Å². The lowest BCUT2D eigenvalue weighted by Gasteiger charge is -2.28. The molecule has 5 unspecified atom stereocenters. The number of aliphatic hydroxyl groups is 1. The molecule has 1 saturated heterocycles. The molecule has 3 N–H and O–H groups in total. The Labute approximate surface area is 309 Å². The number of aromatic amines is 1. The van der Waals surface area contributed by atoms with E-state index in [4.69, 9.17) is 37.4 Å². The molecule has 0 saturated carbocycles. The quantitative estimate of drug-likeness (QED) is 0.0332. The van der Waals surface area contributed by atoms with Crippen molar-refractivity contribution in [3.63, 3.8) is 0 Å². The summed E-state index contributed by atoms with van der Waals surface area (Å²) in [4.78, 5) is 58.9. The van der Waals surface area contributed by atoms with Crippen molar-refractivity contribution in [3.8, 4) is 5.75 Å². The maximum atomic E-state index is 14.6. The fourth-order valence-electron chi connectivity index (χ4n) is 5.08. The number of aromatic nitrogens is 2. The zero-order chi connectivity index (χ0) is 38.5. The lowest BCUT2D eigenvalue weighted by molar-refractivity contribution is -0.0636. The van der Waals surface area contributed by atoms with Gasteiger partial charge in [-0.25, -0.2) is 18.9 Å². The predicted octanol–water partition coefficient (Wildman–Crippen LogP) is 3.11. The van der Waals surface area contributed by atoms with E-state index >= 15 is 0 Å². The van der Waals surface area contributed by atoms with Gasteiger partial charge in [-0.15, -0.1) is 0 Å². The Bertz CT molecular complexity index is 2050. The summed E-state index contributed by atoms with van der Waals surface area (Å²) in [6.45, 7) is 0.527. The van der Waals surface area contributed by atoms with Crippen LogP contribution in [-0.4, -0.2) is 72.7 Å². The van der Waals surface area contributed by atoms with Gasteiger partial charge >= 0.3 is 25.5 Å². The fraction of sp³-hybridized carbons (Fsp3) is 0.257. The maximum absolute atomic E-state index is 14.6. The lowest BCUT2D eigenvalue weighted by atomic mass is 10.1. The summed E-state index contributed by atoms with van der Waals surface area (Å²) in [5.74, 6) is -1.45. The van der Waals surface area contributed by atoms with Crippen LogP contribution >= 0.6 is 7.82 Å². The van der Waals surface area contributed by atoms with Gasteiger partial charge in [-0.2, -0.15) is 0 Å². The Hall–Kier alpha value is -5.49. The summed E-state index contributed by atoms with van der Waals surface area (Å²) < 4.78 is 56.2. The molecule has 0 spiro atoms. The van der Waals surface area contributed by atoms with Gasteiger partial charge in [-0.3, -0.25) is 28.8 Å². The average molecular weight is 765 g/mol. The van der Waals surface area contributed by atoms with E-state index in [-0.39, 0.29) is 35.8 Å². The molecule has 1 fully saturated rings. The normalized spacial score (nSPS) is 19.4. The number of esters is 2. The van der Waals surface area contributed by atoms with Crippen LogP contribution in [-0.2, 0) is 44.0 Å². The molecule has 5 atom stereocenters. The van der Waals surface area contributed by atoms with Crippen molar-refractivity contribution in [1.82, 2.24) is 14.9 Å². The zero-order valence-corrected chi connectivity index (χ0v) is 30.0. The van der Waals surface area contributed by atoms with E-state index in [9.17, 15) is 28.8 Å². The number of rotatable bonds is 18. The molecule has 3 aromatic carbocycles. The third kappa shape index (κ3) is 10.8. The van der Waals surface area contributed by atoms with Crippen LogP contribution in [0.15, 0.2) is 119 Å². The topological polar surface area (TPSA) is 212 Å². The van der Waals surface area contributed by atoms with Crippen LogP contribution in [0, 0.1) is 0 Å². The minimum atomic E-state index is -4.79. The Morgan fingerprint density at radius 3 is 2.22 bits per heavy atom. The standard InChI is InChI=1S/C35H37BN3O14P/c1-23(20-40)46-18-19-49-54(45,52-27-14-12-24(13-15-27)21-48-38-36)53-30-28(22-47-33(42)25-8-4-2-5-9-25)50-32(39-17-16-29(41)37-35(39)44)31(30)51-34(43)26-10-6-3-7-11-26/h2-17,20,28,30-32,38,40H,18-19,21-22,36H2,1H3,(H,37,41,44)/b23-20+. The van der Waals surface area contributed by atoms with Crippen molar-refractivity contribution in [2.45, 2.75) is 38.1 Å². The first kappa shape index (κ1) is 39.7. The highest BCUT2D eigenvalue weighted by atomic mass is 31.2. The van der Waals surface area contributed by atoms with Crippen LogP contribution in [0.4, 0.5) is 0 Å². The van der Waals surface area contributed by atoms with Gasteiger partial charge in [0.2, 0.25) is 7.98 Å². The Kier molecular flexibility index (Phi) is 14.0. The fourth-order valence-corrected chi connectivity index (χ4v) is 6.46. The Morgan fingerprint density at radius 2 is 1.59 bits per heavy atom. The molecule has 0 amide bonds. The maximum Gasteiger partial charge on any atom is 0.530 e. The van der Waals surface area contributed by atoms with Crippen molar-refractivity contribution >= 4 is 27.7 Å². The molecule has 284 valence electrons. The van der Waals surface area contributed by atoms with Crippen LogP contribution < -0.4 is 21.2 Å². The highest BCUT2D eigenvalue weighted by Gasteiger charge is 2.53. The van der Waals surface area contributed by atoms with Crippen LogP contribution in [0.5, 0.6) is 5.75 Å². The number of H-pyrrole nitrogens is 1. The first-order valence-electron chi connectivity index (χ1n) is 16.5. The van der Waals surface area contributed by atoms with Gasteiger partial charge in [0.05, 0.1) is 24.3 Å². The van der Waals surface area contributed by atoms with E-state index in [1.54, 1.807) is 56.5 Å². The number of benzene rings is 3. The number of nitrogens with one attached hydrogen (secondary N) is 2. The molecule has 1 aliphatic rings. The number of ether oxygens (including phenoxy) is 4. The number of carbonyl (C=O) groups is 2. The lowest BCUT2D eigenvalue weighted by Crippen LogP contribution is -2.42. The number of allylic oxidation sites excluding steroid dienone is 1. The van der Waals surface area contributed by atoms with Crippen LogP contribution in [0.2, 0.25) is 0 Å². The van der Waals surface area contributed by atoms with Crippen molar-refractivity contribution in [3.05, 3.63) is 147 Å². The van der Waals surface area contributed by atoms with Gasteiger partial charge in [-0.05, 0) is 48.9 Å². The molecule has 4 aromatic rings. The highest BCUT2D eigenvalue weighted by molar-refractivity contribution is 7.49. The van der Waals surface area contributed by atoms with Crippen molar-refractivity contribution in [1.29, 1.82) is 0 Å². The second-order valence-electron chi connectivity index (χ2n) is 11.4. The second kappa shape index (κ2) is 19.0. The van der Waals surface area contributed by atoms with Gasteiger partial charge in [0.25, 0.3) is 5.56 Å². The summed E-state index contributed by atoms with van der Waals surface area (Å²) in [5.41, 5.74) is -0.584. The number of phosphoric acid groups is 1. The van der Waals surface area contributed by atoms with Crippen molar-refractivity contribution in [2.24, 2.45) is 0 Å². The van der Waals surface area contributed by atoms with E-state index in [0.717, 1.165) is 28.7 Å². The number of hydrogen-bond donors (Lipinski definition) is 3. The van der Waals surface area contributed by atoms with Gasteiger partial charge < -0.3 is 33.4 Å². The largest absolute Gasteiger partial charge is 0.530 e. The number of hydrogen-bond acceptors (Lipinski definition) is 15. The van der Waals surface area contributed by atoms with Crippen LogP contribution in [0.25, 0.3) is 0 Å². The van der Waals surface area contributed by atoms with Crippen molar-refractivity contribution < 1.29 is 56.6 Å². The molecule has 0 aliphatic carbocycles. The Morgan fingerprint density at radius 1 is 0.926 bits per heavy atom. The number of aliphatic hydroxyl groups excluding tert-OH is 1. The van der Waals surface area contributed by atoms with Crippen LogP contribution in [0.1, 0.15) is 39.4 Å². The molecule has 5 rings (SSSR count). The molecule has 17 nitrogen and oxygen atoms in total. The minimum absolute atomic E-state index is 0.0381. The second-order valence-corrected chi connectivity index (χ2v) is 13.0. The molecular formula is C35H37BN3O14P. The monoisotopic (exact) mass is 765 g/mol. The molecule has 1 aliphatic heterocycles. The van der Waals surface area contributed by atoms with E-state index in [1.807, 2.05) is 0 Å². The molecule has 0 bridgehead atoms. The van der Waals surface area contributed by atoms with Crippen LogP contribution in [0.3, 0.4) is 0 Å². The smallest absolute Gasteiger partial charge is 0.512 e. The molecule has 19 heteroatoms. The molecular weight excluding hydrogens is 728 g/mol. The van der Waals surface area contributed by atoms with E-state index < -0.39 is 68.8 Å². The summed E-state index contributed by atoms with van der Waals surface area (Å²) in [5, 5.41) is 11.8. The minimum Gasteiger partial charge on any atom is -0.512 e. The van der Waals surface area contributed by atoms with E-state index in [0.29, 0.717) is 0 Å². The molecule has 1 aromatic heterocycles. The first-order valence-corrected chi connectivity index (χ1v) is 17.9. The zero-order valence-electron chi connectivity index (χ0n) is 29.1. The average Bonchev–Trinajstić information content (AvgIpc) is 3.50. The third-order valence-electron chi connectivity index (χ3n) is 7.67. The first-order chi connectivity index (χ1) is 26.1. The molecule has 2 heterocycles. The SMILES string of the molecule is BNOCc1ccc(OP(=O)(OCCO/C(C)=C/O)OC2C(COC(=O)c3ccccc3)OC(n3ccc(=O)[nH]c3=O)C2OC(=O)c2ccccc2)cc1. The van der Waals surface area contributed by atoms with Gasteiger partial charge in [0.1, 0.15) is 43.2 Å². The summed E-state index contributed by atoms with van der Waals surface area (Å²) in [7, 11) is -3.18. The van der Waals surface area contributed by atoms with Gasteiger partial charge in [0, 0.05) is 12.3 Å². The van der Waals surface area contributed by atoms with E-state index in [2.05, 4.69) is 10.4 Å². The predicted molar refractivity (Wildman–Crippen MR) is 192 cm³/mol. The third-order valence-corrected chi connectivity index (χ3v) is 9.11. The number of nitrogens with zero attached hydrogens (tertiary/aromatic N) is 1. The summed E-state index contributed by atoms with van der Waals surface area (Å²) in [6.07, 6.45) is -4.27. The molecule has 54 heavy (non-hydrogen) atoms. The summed E-state index contributed by atoms with van der Waals surface area (Å²) >= 11 is 0. The number of phosphoric ester groups is 1. The van der Waals surface area contributed by atoms with Gasteiger partial charge in [0.15, 0.2) is 12.3 Å². The van der Waals surface area contributed by atoms with Crippen molar-refractivity contribution in [2.75, 3.05) is 19.8 Å². The number of carbonyl (C=O) groups excluding carboxylic acids is 2. The van der Waals surface area contributed by atoms with E-state index in [1.165, 1.54) is 43.3 Å².